The largest absolute Gasteiger partial charge is 0.496 e. The van der Waals surface area contributed by atoms with Gasteiger partial charge in [0.05, 0.1) is 7.11 Å². The SMILES string of the molecule is COc1cc(OC2CCN(C(C)C)CC2)ccc1-c1cc(-c2ccc3c(c2)CCNC3=O)c(N)nc1F. The summed E-state index contributed by atoms with van der Waals surface area (Å²) in [5.74, 6) is 0.521. The van der Waals surface area contributed by atoms with Gasteiger partial charge in [0.15, 0.2) is 0 Å². The van der Waals surface area contributed by atoms with Crippen LogP contribution in [0, 0.1) is 5.95 Å². The van der Waals surface area contributed by atoms with Gasteiger partial charge in [-0.2, -0.15) is 4.39 Å². The fraction of sp³-hybridized carbons (Fsp3) is 0.379. The Hall–Kier alpha value is -3.65. The van der Waals surface area contributed by atoms with Crippen LogP contribution in [0.25, 0.3) is 22.3 Å². The number of methoxy groups -OCH3 is 1. The number of nitrogens with two attached hydrogens (primary N) is 1. The van der Waals surface area contributed by atoms with Crippen molar-refractivity contribution in [3.05, 3.63) is 59.5 Å². The molecule has 0 radical (unpaired) electrons. The topological polar surface area (TPSA) is 89.7 Å². The number of rotatable bonds is 6. The van der Waals surface area contributed by atoms with E-state index in [1.54, 1.807) is 31.4 Å². The van der Waals surface area contributed by atoms with Crippen molar-refractivity contribution in [3.8, 4) is 33.8 Å². The fourth-order valence-corrected chi connectivity index (χ4v) is 5.19. The zero-order valence-electron chi connectivity index (χ0n) is 21.5. The third-order valence-corrected chi connectivity index (χ3v) is 7.32. The summed E-state index contributed by atoms with van der Waals surface area (Å²) in [6.07, 6.45) is 2.79. The Labute approximate surface area is 216 Å². The Morgan fingerprint density at radius 3 is 2.54 bits per heavy atom. The van der Waals surface area contributed by atoms with E-state index in [0.29, 0.717) is 40.8 Å². The van der Waals surface area contributed by atoms with Crippen LogP contribution in [0.4, 0.5) is 10.2 Å². The van der Waals surface area contributed by atoms with E-state index in [1.807, 2.05) is 18.2 Å². The normalized spacial score (nSPS) is 16.4. The van der Waals surface area contributed by atoms with Crippen molar-refractivity contribution in [2.45, 2.75) is 45.3 Å². The molecule has 194 valence electrons. The lowest BCUT2D eigenvalue weighted by molar-refractivity contribution is 0.0841. The van der Waals surface area contributed by atoms with Gasteiger partial charge in [0.2, 0.25) is 5.95 Å². The van der Waals surface area contributed by atoms with E-state index in [9.17, 15) is 4.79 Å². The average molecular weight is 505 g/mol. The molecule has 2 aliphatic heterocycles. The predicted molar refractivity (Wildman–Crippen MR) is 142 cm³/mol. The van der Waals surface area contributed by atoms with Crippen molar-refractivity contribution in [1.82, 2.24) is 15.2 Å². The van der Waals surface area contributed by atoms with Gasteiger partial charge < -0.3 is 25.4 Å². The molecule has 0 unspecified atom stereocenters. The number of nitrogen functional groups attached to an aromatic ring is 1. The number of hydrogen-bond acceptors (Lipinski definition) is 6. The maximum Gasteiger partial charge on any atom is 0.251 e. The van der Waals surface area contributed by atoms with E-state index in [0.717, 1.165) is 43.5 Å². The smallest absolute Gasteiger partial charge is 0.251 e. The number of fused-ring (bicyclic) bond motifs is 1. The molecule has 1 saturated heterocycles. The summed E-state index contributed by atoms with van der Waals surface area (Å²) in [6.45, 7) is 7.03. The highest BCUT2D eigenvalue weighted by atomic mass is 19.1. The summed E-state index contributed by atoms with van der Waals surface area (Å²) in [5, 5.41) is 2.84. The number of benzene rings is 2. The Bertz CT molecular complexity index is 1320. The number of likely N-dealkylation sites (tertiary alicyclic amines) is 1. The second-order valence-corrected chi connectivity index (χ2v) is 9.95. The fourth-order valence-electron chi connectivity index (χ4n) is 5.19. The molecule has 0 bridgehead atoms. The number of hydrogen-bond donors (Lipinski definition) is 2. The average Bonchev–Trinajstić information content (AvgIpc) is 2.89. The van der Waals surface area contributed by atoms with Crippen LogP contribution >= 0.6 is 0 Å². The minimum Gasteiger partial charge on any atom is -0.496 e. The third-order valence-electron chi connectivity index (χ3n) is 7.32. The number of piperidine rings is 1. The van der Waals surface area contributed by atoms with E-state index >= 15 is 4.39 Å². The maximum atomic E-state index is 15.1. The van der Waals surface area contributed by atoms with Crippen LogP contribution in [0.3, 0.4) is 0 Å². The molecule has 1 fully saturated rings. The molecule has 1 aromatic heterocycles. The molecule has 7 nitrogen and oxygen atoms in total. The van der Waals surface area contributed by atoms with E-state index in [4.69, 9.17) is 15.2 Å². The first kappa shape index (κ1) is 25.0. The molecule has 5 rings (SSSR count). The highest BCUT2D eigenvalue weighted by Gasteiger charge is 2.23. The summed E-state index contributed by atoms with van der Waals surface area (Å²) in [6, 6.07) is 13.2. The number of carbonyl (C=O) groups excluding carboxylic acids is 1. The van der Waals surface area contributed by atoms with Crippen molar-refractivity contribution >= 4 is 11.7 Å². The number of carbonyl (C=O) groups is 1. The first-order valence-corrected chi connectivity index (χ1v) is 12.8. The van der Waals surface area contributed by atoms with Gasteiger partial charge in [-0.15, -0.1) is 0 Å². The minimum atomic E-state index is -0.674. The highest BCUT2D eigenvalue weighted by molar-refractivity contribution is 5.97. The molecule has 37 heavy (non-hydrogen) atoms. The number of ether oxygens (including phenoxy) is 2. The van der Waals surface area contributed by atoms with Gasteiger partial charge >= 0.3 is 0 Å². The Morgan fingerprint density at radius 1 is 1.05 bits per heavy atom. The van der Waals surface area contributed by atoms with Crippen LogP contribution in [0.1, 0.15) is 42.6 Å². The lowest BCUT2D eigenvalue weighted by Gasteiger charge is -2.34. The Morgan fingerprint density at radius 2 is 1.81 bits per heavy atom. The molecule has 0 atom stereocenters. The van der Waals surface area contributed by atoms with E-state index in [1.165, 1.54) is 0 Å². The first-order chi connectivity index (χ1) is 17.8. The minimum absolute atomic E-state index is 0.0868. The van der Waals surface area contributed by atoms with Crippen molar-refractivity contribution in [3.63, 3.8) is 0 Å². The number of amides is 1. The predicted octanol–water partition coefficient (Wildman–Crippen LogP) is 4.68. The molecule has 3 aromatic rings. The zero-order valence-corrected chi connectivity index (χ0v) is 21.5. The molecule has 3 heterocycles. The van der Waals surface area contributed by atoms with Crippen LogP contribution in [0.5, 0.6) is 11.5 Å². The quantitative estimate of drug-likeness (QED) is 0.474. The standard InChI is InChI=1S/C29H33FN4O3/c1-17(2)34-12-9-20(10-13-34)37-21-5-7-23(26(15-21)36-3)25-16-24(28(31)33-27(25)30)18-4-6-22-19(14-18)8-11-32-29(22)35/h4-7,14-17,20H,8-13H2,1-3H3,(H2,31,33)(H,32,35). The van der Waals surface area contributed by atoms with E-state index in [2.05, 4.69) is 29.0 Å². The van der Waals surface area contributed by atoms with Crippen LogP contribution < -0.4 is 20.5 Å². The van der Waals surface area contributed by atoms with Crippen LogP contribution in [0.2, 0.25) is 0 Å². The van der Waals surface area contributed by atoms with E-state index < -0.39 is 5.95 Å². The lowest BCUT2D eigenvalue weighted by atomic mass is 9.94. The summed E-state index contributed by atoms with van der Waals surface area (Å²) >= 11 is 0. The summed E-state index contributed by atoms with van der Waals surface area (Å²) in [7, 11) is 1.56. The van der Waals surface area contributed by atoms with Gasteiger partial charge in [-0.3, -0.25) is 4.79 Å². The number of nitrogens with one attached hydrogen (secondary N) is 1. The highest BCUT2D eigenvalue weighted by Crippen LogP contribution is 2.38. The monoisotopic (exact) mass is 504 g/mol. The van der Waals surface area contributed by atoms with Crippen molar-refractivity contribution < 1.29 is 18.7 Å². The summed E-state index contributed by atoms with van der Waals surface area (Å²) in [4.78, 5) is 18.6. The number of anilines is 1. The first-order valence-electron chi connectivity index (χ1n) is 12.8. The van der Waals surface area contributed by atoms with Crippen molar-refractivity contribution in [2.24, 2.45) is 0 Å². The second-order valence-electron chi connectivity index (χ2n) is 9.95. The zero-order chi connectivity index (χ0) is 26.1. The van der Waals surface area contributed by atoms with Gasteiger partial charge in [0.25, 0.3) is 5.91 Å². The summed E-state index contributed by atoms with van der Waals surface area (Å²) in [5.41, 5.74) is 9.96. The molecule has 8 heteroatoms. The van der Waals surface area contributed by atoms with Crippen LogP contribution in [0.15, 0.2) is 42.5 Å². The second kappa shape index (κ2) is 10.4. The van der Waals surface area contributed by atoms with E-state index in [-0.39, 0.29) is 23.4 Å². The number of pyridine rings is 1. The molecule has 0 aliphatic carbocycles. The van der Waals surface area contributed by atoms with Gasteiger partial charge in [-0.05, 0) is 68.5 Å². The van der Waals surface area contributed by atoms with Gasteiger partial charge in [0, 0.05) is 54.0 Å². The number of nitrogens with zero attached hydrogens (tertiary/aromatic N) is 2. The lowest BCUT2D eigenvalue weighted by Crippen LogP contribution is -2.41. The molecular weight excluding hydrogens is 471 g/mol. The van der Waals surface area contributed by atoms with Crippen LogP contribution in [-0.4, -0.2) is 54.7 Å². The molecule has 3 N–H and O–H groups in total. The van der Waals surface area contributed by atoms with Crippen molar-refractivity contribution in [2.75, 3.05) is 32.5 Å². The molecule has 0 saturated carbocycles. The summed E-state index contributed by atoms with van der Waals surface area (Å²) < 4.78 is 27.0. The Kier molecular flexibility index (Phi) is 7.02. The van der Waals surface area contributed by atoms with Crippen LogP contribution in [-0.2, 0) is 6.42 Å². The molecule has 2 aliphatic rings. The third kappa shape index (κ3) is 5.11. The molecule has 2 aromatic carbocycles. The number of halogens is 1. The molecular formula is C29H33FN4O3. The van der Waals surface area contributed by atoms with Gasteiger partial charge in [-0.1, -0.05) is 12.1 Å². The van der Waals surface area contributed by atoms with Gasteiger partial charge in [-0.25, -0.2) is 4.98 Å². The maximum absolute atomic E-state index is 15.1. The number of aromatic nitrogens is 1. The molecule has 1 amide bonds. The Balaban J connectivity index is 1.43. The van der Waals surface area contributed by atoms with Crippen molar-refractivity contribution in [1.29, 1.82) is 0 Å². The molecule has 0 spiro atoms. The van der Waals surface area contributed by atoms with Gasteiger partial charge in [0.1, 0.15) is 23.4 Å².